The first-order valence-electron chi connectivity index (χ1n) is 9.02. The molecule has 1 amide bonds. The average Bonchev–Trinajstić information content (AvgIpc) is 2.92. The zero-order chi connectivity index (χ0) is 16.7. The number of carboxylic acids is 1. The molecule has 1 heterocycles. The molecule has 0 aromatic heterocycles. The van der Waals surface area contributed by atoms with Gasteiger partial charge < -0.3 is 14.7 Å². The Hall–Kier alpha value is -1.10. The molecule has 3 aliphatic rings. The molecule has 5 nitrogen and oxygen atoms in total. The van der Waals surface area contributed by atoms with Crippen LogP contribution in [-0.2, 0) is 14.3 Å². The van der Waals surface area contributed by atoms with Gasteiger partial charge in [0.2, 0.25) is 5.91 Å². The van der Waals surface area contributed by atoms with E-state index >= 15 is 0 Å². The maximum absolute atomic E-state index is 13.0. The van der Waals surface area contributed by atoms with Crippen molar-refractivity contribution in [3.8, 4) is 0 Å². The maximum Gasteiger partial charge on any atom is 0.306 e. The summed E-state index contributed by atoms with van der Waals surface area (Å²) < 4.78 is 6.37. The predicted octanol–water partition coefficient (Wildman–Crippen LogP) is 2.83. The van der Waals surface area contributed by atoms with Crippen molar-refractivity contribution in [2.75, 3.05) is 13.1 Å². The van der Waals surface area contributed by atoms with Crippen LogP contribution < -0.4 is 0 Å². The molecule has 0 bridgehead atoms. The number of carboxylic acid groups (broad SMARTS) is 1. The molecule has 3 fully saturated rings. The third-order valence-corrected chi connectivity index (χ3v) is 5.80. The first-order valence-corrected chi connectivity index (χ1v) is 9.02. The minimum Gasteiger partial charge on any atom is -0.481 e. The zero-order valence-corrected chi connectivity index (χ0v) is 14.3. The minimum absolute atomic E-state index is 0.00190. The number of nitrogens with zero attached hydrogens (tertiary/aromatic N) is 1. The summed E-state index contributed by atoms with van der Waals surface area (Å²) in [5.74, 6) is -0.760. The Morgan fingerprint density at radius 3 is 2.13 bits per heavy atom. The van der Waals surface area contributed by atoms with E-state index in [0.29, 0.717) is 38.8 Å². The average molecular weight is 323 g/mol. The fraction of sp³-hybridized carbons (Fsp3) is 0.889. The van der Waals surface area contributed by atoms with E-state index in [-0.39, 0.29) is 28.9 Å². The third-order valence-electron chi connectivity index (χ3n) is 5.80. The molecular formula is C18H29NO4. The van der Waals surface area contributed by atoms with Crippen molar-refractivity contribution >= 4 is 11.9 Å². The van der Waals surface area contributed by atoms with E-state index in [4.69, 9.17) is 9.84 Å². The van der Waals surface area contributed by atoms with E-state index < -0.39 is 5.97 Å². The van der Waals surface area contributed by atoms with Crippen LogP contribution in [0.25, 0.3) is 0 Å². The molecule has 1 N–H and O–H groups in total. The summed E-state index contributed by atoms with van der Waals surface area (Å²) in [5, 5.41) is 9.11. The second-order valence-electron chi connectivity index (χ2n) is 8.33. The van der Waals surface area contributed by atoms with Crippen LogP contribution in [0.3, 0.4) is 0 Å². The van der Waals surface area contributed by atoms with Crippen LogP contribution in [-0.4, -0.2) is 46.2 Å². The van der Waals surface area contributed by atoms with E-state index in [1.165, 1.54) is 12.8 Å². The van der Waals surface area contributed by atoms with Gasteiger partial charge in [-0.3, -0.25) is 9.59 Å². The normalized spacial score (nSPS) is 32.9. The summed E-state index contributed by atoms with van der Waals surface area (Å²) in [4.78, 5) is 26.1. The highest BCUT2D eigenvalue weighted by Crippen LogP contribution is 2.41. The molecule has 1 saturated heterocycles. The molecule has 5 heteroatoms. The molecule has 23 heavy (non-hydrogen) atoms. The number of ether oxygens (including phenoxy) is 1. The van der Waals surface area contributed by atoms with Crippen LogP contribution >= 0.6 is 0 Å². The standard InChI is InChI=1S/C18H29NO4/c1-17(2)11-19(12-18(23-17)9-3-4-10-18)15(20)13-5-7-14(8-6-13)16(21)22/h13-14H,3-12H2,1-2H3,(H,21,22). The van der Waals surface area contributed by atoms with Crippen LogP contribution in [0.4, 0.5) is 0 Å². The fourth-order valence-corrected chi connectivity index (χ4v) is 4.79. The number of hydrogen-bond donors (Lipinski definition) is 1. The number of hydrogen-bond acceptors (Lipinski definition) is 3. The van der Waals surface area contributed by atoms with Crippen molar-refractivity contribution < 1.29 is 19.4 Å². The second kappa shape index (κ2) is 6.08. The summed E-state index contributed by atoms with van der Waals surface area (Å²) in [6.07, 6.45) is 7.14. The molecule has 2 aliphatic carbocycles. The Kier molecular flexibility index (Phi) is 4.43. The van der Waals surface area contributed by atoms with E-state index in [1.54, 1.807) is 0 Å². The topological polar surface area (TPSA) is 66.8 Å². The van der Waals surface area contributed by atoms with Gasteiger partial charge in [-0.25, -0.2) is 0 Å². The quantitative estimate of drug-likeness (QED) is 0.848. The first-order chi connectivity index (χ1) is 10.8. The van der Waals surface area contributed by atoms with E-state index in [9.17, 15) is 9.59 Å². The Balaban J connectivity index is 1.66. The highest BCUT2D eigenvalue weighted by Gasteiger charge is 2.48. The van der Waals surface area contributed by atoms with Gasteiger partial charge in [-0.05, 0) is 52.4 Å². The third kappa shape index (κ3) is 3.54. The lowest BCUT2D eigenvalue weighted by molar-refractivity contribution is -0.200. The Labute approximate surface area is 138 Å². The number of aliphatic carboxylic acids is 1. The van der Waals surface area contributed by atoms with Crippen molar-refractivity contribution in [1.82, 2.24) is 4.90 Å². The van der Waals surface area contributed by atoms with Crippen molar-refractivity contribution in [2.24, 2.45) is 11.8 Å². The Morgan fingerprint density at radius 2 is 1.57 bits per heavy atom. The van der Waals surface area contributed by atoms with Crippen molar-refractivity contribution in [2.45, 2.75) is 76.4 Å². The van der Waals surface area contributed by atoms with Gasteiger partial charge in [-0.15, -0.1) is 0 Å². The lowest BCUT2D eigenvalue weighted by atomic mass is 9.81. The number of rotatable bonds is 2. The van der Waals surface area contributed by atoms with E-state index in [0.717, 1.165) is 12.8 Å². The number of carbonyl (C=O) groups excluding carboxylic acids is 1. The van der Waals surface area contributed by atoms with Crippen molar-refractivity contribution in [3.05, 3.63) is 0 Å². The lowest BCUT2D eigenvalue weighted by Crippen LogP contribution is -2.61. The summed E-state index contributed by atoms with van der Waals surface area (Å²) in [6, 6.07) is 0. The highest BCUT2D eigenvalue weighted by molar-refractivity contribution is 5.80. The van der Waals surface area contributed by atoms with Gasteiger partial charge in [0.15, 0.2) is 0 Å². The van der Waals surface area contributed by atoms with Crippen molar-refractivity contribution in [1.29, 1.82) is 0 Å². The molecule has 0 unspecified atom stereocenters. The van der Waals surface area contributed by atoms with Crippen LogP contribution in [0.5, 0.6) is 0 Å². The van der Waals surface area contributed by atoms with E-state index in [1.807, 2.05) is 4.90 Å². The molecule has 3 rings (SSSR count). The monoisotopic (exact) mass is 323 g/mol. The van der Waals surface area contributed by atoms with Gasteiger partial charge in [0.1, 0.15) is 0 Å². The van der Waals surface area contributed by atoms with Crippen molar-refractivity contribution in [3.63, 3.8) is 0 Å². The van der Waals surface area contributed by atoms with Crippen LogP contribution in [0.15, 0.2) is 0 Å². The summed E-state index contributed by atoms with van der Waals surface area (Å²) >= 11 is 0. The molecular weight excluding hydrogens is 294 g/mol. The Bertz CT molecular complexity index is 473. The van der Waals surface area contributed by atoms with Gasteiger partial charge in [-0.2, -0.15) is 0 Å². The summed E-state index contributed by atoms with van der Waals surface area (Å²) in [5.41, 5.74) is -0.438. The minimum atomic E-state index is -0.715. The molecule has 0 aromatic rings. The molecule has 0 radical (unpaired) electrons. The number of carbonyl (C=O) groups is 2. The summed E-state index contributed by atoms with van der Waals surface area (Å²) in [6.45, 7) is 5.52. The van der Waals surface area contributed by atoms with Gasteiger partial charge in [0.05, 0.1) is 17.1 Å². The molecule has 0 aromatic carbocycles. The molecule has 1 spiro atoms. The predicted molar refractivity (Wildman–Crippen MR) is 86.0 cm³/mol. The largest absolute Gasteiger partial charge is 0.481 e. The smallest absolute Gasteiger partial charge is 0.306 e. The zero-order valence-electron chi connectivity index (χ0n) is 14.3. The molecule has 2 saturated carbocycles. The second-order valence-corrected chi connectivity index (χ2v) is 8.33. The fourth-order valence-electron chi connectivity index (χ4n) is 4.79. The number of morpholine rings is 1. The summed E-state index contributed by atoms with van der Waals surface area (Å²) in [7, 11) is 0. The van der Waals surface area contributed by atoms with Crippen LogP contribution in [0, 0.1) is 11.8 Å². The van der Waals surface area contributed by atoms with Crippen LogP contribution in [0.2, 0.25) is 0 Å². The maximum atomic E-state index is 13.0. The molecule has 130 valence electrons. The number of amides is 1. The molecule has 0 atom stereocenters. The lowest BCUT2D eigenvalue weighted by Gasteiger charge is -2.49. The van der Waals surface area contributed by atoms with Crippen LogP contribution in [0.1, 0.15) is 65.2 Å². The highest BCUT2D eigenvalue weighted by atomic mass is 16.5. The Morgan fingerprint density at radius 1 is 1.00 bits per heavy atom. The van der Waals surface area contributed by atoms with Gasteiger partial charge >= 0.3 is 5.97 Å². The van der Waals surface area contributed by atoms with E-state index in [2.05, 4.69) is 13.8 Å². The van der Waals surface area contributed by atoms with Gasteiger partial charge in [0, 0.05) is 19.0 Å². The van der Waals surface area contributed by atoms with Gasteiger partial charge in [0.25, 0.3) is 0 Å². The molecule has 1 aliphatic heterocycles. The van der Waals surface area contributed by atoms with Gasteiger partial charge in [-0.1, -0.05) is 12.8 Å². The first kappa shape index (κ1) is 16.7. The SMILES string of the molecule is CC1(C)CN(C(=O)C2CCC(C(=O)O)CC2)CC2(CCCC2)O1.